The molecule has 3 nitrogen and oxygen atoms in total. The third kappa shape index (κ3) is 2.14. The lowest BCUT2D eigenvalue weighted by atomic mass is 10.5. The predicted octanol–water partition coefficient (Wildman–Crippen LogP) is 1.63. The highest BCUT2D eigenvalue weighted by Gasteiger charge is 2.32. The first-order valence-corrected chi connectivity index (χ1v) is 3.15. The molecule has 0 aliphatic carbocycles. The van der Waals surface area contributed by atoms with E-state index in [4.69, 9.17) is 0 Å². The number of aromatic nitrogens is 2. The van der Waals surface area contributed by atoms with Gasteiger partial charge < -0.3 is 4.74 Å². The van der Waals surface area contributed by atoms with E-state index in [-0.39, 0.29) is 0 Å². The van der Waals surface area contributed by atoms with Crippen molar-refractivity contribution in [2.45, 2.75) is 13.3 Å². The van der Waals surface area contributed by atoms with Gasteiger partial charge in [-0.05, 0) is 6.92 Å². The van der Waals surface area contributed by atoms with Gasteiger partial charge in [0.15, 0.2) is 0 Å². The first-order valence-electron chi connectivity index (χ1n) is 3.15. The largest absolute Gasteiger partial charge is 0.574 e. The van der Waals surface area contributed by atoms with Gasteiger partial charge in [0, 0.05) is 18.8 Å². The average molecular weight is 180 g/mol. The van der Waals surface area contributed by atoms with E-state index < -0.39 is 12.2 Å². The molecule has 0 aliphatic heterocycles. The molecule has 1 heterocycles. The van der Waals surface area contributed by atoms with Crippen LogP contribution in [0.2, 0.25) is 0 Å². The van der Waals surface area contributed by atoms with Crippen molar-refractivity contribution in [2.24, 2.45) is 7.05 Å². The van der Waals surface area contributed by atoms with Crippen LogP contribution < -0.4 is 4.74 Å². The molecule has 0 aromatic carbocycles. The molecule has 0 atom stereocenters. The minimum absolute atomic E-state index is 0.428. The van der Waals surface area contributed by atoms with Gasteiger partial charge in [-0.2, -0.15) is 0 Å². The van der Waals surface area contributed by atoms with E-state index in [9.17, 15) is 13.2 Å². The molecule has 0 aliphatic rings. The molecule has 6 heteroatoms. The van der Waals surface area contributed by atoms with Crippen LogP contribution in [-0.2, 0) is 7.05 Å². The van der Waals surface area contributed by atoms with Crippen LogP contribution in [0.15, 0.2) is 6.07 Å². The summed E-state index contributed by atoms with van der Waals surface area (Å²) in [6.07, 6.45) is -4.67. The molecule has 12 heavy (non-hydrogen) atoms. The van der Waals surface area contributed by atoms with Gasteiger partial charge in [0.25, 0.3) is 0 Å². The van der Waals surface area contributed by atoms with E-state index in [1.54, 1.807) is 14.0 Å². The molecule has 0 amide bonds. The van der Waals surface area contributed by atoms with Crippen molar-refractivity contribution in [1.82, 2.24) is 9.78 Å². The zero-order chi connectivity index (χ0) is 9.35. The molecule has 68 valence electrons. The van der Waals surface area contributed by atoms with Crippen LogP contribution in [0, 0.1) is 6.92 Å². The standard InChI is InChI=1S/C6H7F3N2O/c1-4-3-5(10-11(4)2)12-6(7,8)9/h3H,1-2H3. The Morgan fingerprint density at radius 3 is 2.42 bits per heavy atom. The van der Waals surface area contributed by atoms with E-state index in [0.717, 1.165) is 0 Å². The van der Waals surface area contributed by atoms with Crippen molar-refractivity contribution in [3.8, 4) is 5.88 Å². The molecule has 0 N–H and O–H groups in total. The summed E-state index contributed by atoms with van der Waals surface area (Å²) >= 11 is 0. The molecule has 1 aromatic rings. The van der Waals surface area contributed by atoms with Gasteiger partial charge in [-0.25, -0.2) is 0 Å². The Bertz CT molecular complexity index is 259. The fourth-order valence-electron chi connectivity index (χ4n) is 0.696. The Kier molecular flexibility index (Phi) is 1.99. The molecule has 1 aromatic heterocycles. The number of ether oxygens (including phenoxy) is 1. The van der Waals surface area contributed by atoms with Crippen molar-refractivity contribution < 1.29 is 17.9 Å². The number of halogens is 3. The zero-order valence-electron chi connectivity index (χ0n) is 6.51. The first-order chi connectivity index (χ1) is 5.38. The molecule has 0 bridgehead atoms. The lowest BCUT2D eigenvalue weighted by molar-refractivity contribution is -0.276. The Balaban J connectivity index is 2.77. The molecule has 0 spiro atoms. The van der Waals surface area contributed by atoms with Crippen molar-refractivity contribution in [1.29, 1.82) is 0 Å². The summed E-state index contributed by atoms with van der Waals surface area (Å²) in [5.74, 6) is -0.428. The van der Waals surface area contributed by atoms with Gasteiger partial charge in [0.05, 0.1) is 0 Å². The Morgan fingerprint density at radius 1 is 1.50 bits per heavy atom. The molecular weight excluding hydrogens is 173 g/mol. The van der Waals surface area contributed by atoms with Crippen LogP contribution in [0.25, 0.3) is 0 Å². The monoisotopic (exact) mass is 180 g/mol. The second kappa shape index (κ2) is 2.69. The van der Waals surface area contributed by atoms with Crippen molar-refractivity contribution in [2.75, 3.05) is 0 Å². The quantitative estimate of drug-likeness (QED) is 0.656. The number of hydrogen-bond acceptors (Lipinski definition) is 2. The summed E-state index contributed by atoms with van der Waals surface area (Å²) in [4.78, 5) is 0. The van der Waals surface area contributed by atoms with Crippen LogP contribution in [0.1, 0.15) is 5.69 Å². The maximum absolute atomic E-state index is 11.6. The average Bonchev–Trinajstić information content (AvgIpc) is 2.07. The van der Waals surface area contributed by atoms with Crippen LogP contribution >= 0.6 is 0 Å². The molecule has 0 radical (unpaired) electrons. The Morgan fingerprint density at radius 2 is 2.08 bits per heavy atom. The summed E-state index contributed by atoms with van der Waals surface area (Å²) in [6.45, 7) is 1.64. The normalized spacial score (nSPS) is 11.8. The van der Waals surface area contributed by atoms with Gasteiger partial charge in [0.1, 0.15) is 0 Å². The predicted molar refractivity (Wildman–Crippen MR) is 34.6 cm³/mol. The molecule has 0 unspecified atom stereocenters. The Labute approximate surface area is 66.7 Å². The van der Waals surface area contributed by atoms with E-state index >= 15 is 0 Å². The fourth-order valence-corrected chi connectivity index (χ4v) is 0.696. The maximum Gasteiger partial charge on any atom is 0.574 e. The SMILES string of the molecule is Cc1cc(OC(F)(F)F)nn1C. The summed E-state index contributed by atoms with van der Waals surface area (Å²) < 4.78 is 39.7. The van der Waals surface area contributed by atoms with Gasteiger partial charge in [0.2, 0.25) is 5.88 Å². The third-order valence-electron chi connectivity index (χ3n) is 1.31. The van der Waals surface area contributed by atoms with Crippen LogP contribution in [0.3, 0.4) is 0 Å². The number of aryl methyl sites for hydroxylation is 2. The number of alkyl halides is 3. The maximum atomic E-state index is 11.6. The van der Waals surface area contributed by atoms with Gasteiger partial charge >= 0.3 is 6.36 Å². The molecule has 0 saturated heterocycles. The van der Waals surface area contributed by atoms with E-state index in [1.807, 2.05) is 0 Å². The van der Waals surface area contributed by atoms with Crippen molar-refractivity contribution in [3.05, 3.63) is 11.8 Å². The first kappa shape index (κ1) is 8.89. The molecule has 0 saturated carbocycles. The molecular formula is C6H7F3N2O. The van der Waals surface area contributed by atoms with Crippen LogP contribution in [0.5, 0.6) is 5.88 Å². The molecule has 1 rings (SSSR count). The van der Waals surface area contributed by atoms with Crippen LogP contribution in [-0.4, -0.2) is 16.1 Å². The summed E-state index contributed by atoms with van der Waals surface area (Å²) in [5, 5.41) is 3.47. The van der Waals surface area contributed by atoms with Gasteiger partial charge in [-0.3, -0.25) is 4.68 Å². The smallest absolute Gasteiger partial charge is 0.386 e. The van der Waals surface area contributed by atoms with E-state index in [1.165, 1.54) is 10.7 Å². The minimum Gasteiger partial charge on any atom is -0.386 e. The summed E-state index contributed by atoms with van der Waals surface area (Å²) in [7, 11) is 1.54. The van der Waals surface area contributed by atoms with Gasteiger partial charge in [-0.1, -0.05) is 0 Å². The fraction of sp³-hybridized carbons (Fsp3) is 0.500. The third-order valence-corrected chi connectivity index (χ3v) is 1.31. The van der Waals surface area contributed by atoms with Crippen molar-refractivity contribution in [3.63, 3.8) is 0 Å². The summed E-state index contributed by atoms with van der Waals surface area (Å²) in [6, 6.07) is 1.22. The second-order valence-electron chi connectivity index (χ2n) is 2.30. The zero-order valence-corrected chi connectivity index (χ0v) is 6.51. The minimum atomic E-state index is -4.67. The highest BCUT2D eigenvalue weighted by atomic mass is 19.4. The van der Waals surface area contributed by atoms with E-state index in [2.05, 4.69) is 9.84 Å². The second-order valence-corrected chi connectivity index (χ2v) is 2.30. The highest BCUT2D eigenvalue weighted by Crippen LogP contribution is 2.21. The van der Waals surface area contributed by atoms with Gasteiger partial charge in [-0.15, -0.1) is 18.3 Å². The number of nitrogens with zero attached hydrogens (tertiary/aromatic N) is 2. The van der Waals surface area contributed by atoms with Crippen LogP contribution in [0.4, 0.5) is 13.2 Å². The number of hydrogen-bond donors (Lipinski definition) is 0. The Hall–Kier alpha value is -1.20. The lowest BCUT2D eigenvalue weighted by Gasteiger charge is -2.03. The van der Waals surface area contributed by atoms with Crippen molar-refractivity contribution >= 4 is 0 Å². The summed E-state index contributed by atoms with van der Waals surface area (Å²) in [5.41, 5.74) is 0.606. The number of rotatable bonds is 1. The molecule has 0 fully saturated rings. The topological polar surface area (TPSA) is 27.1 Å². The highest BCUT2D eigenvalue weighted by molar-refractivity contribution is 5.13. The van der Waals surface area contributed by atoms with E-state index in [0.29, 0.717) is 5.69 Å². The lowest BCUT2D eigenvalue weighted by Crippen LogP contribution is -2.17.